The van der Waals surface area contributed by atoms with Gasteiger partial charge in [0.1, 0.15) is 11.5 Å². The van der Waals surface area contributed by atoms with E-state index in [2.05, 4.69) is 44.0 Å². The van der Waals surface area contributed by atoms with Crippen LogP contribution in [0.5, 0.6) is 11.5 Å². The van der Waals surface area contributed by atoms with Gasteiger partial charge in [0.2, 0.25) is 0 Å². The van der Waals surface area contributed by atoms with Crippen LogP contribution in [-0.4, -0.2) is 19.9 Å². The van der Waals surface area contributed by atoms with Gasteiger partial charge in [0.05, 0.1) is 0 Å². The molecule has 2 aliphatic rings. The maximum Gasteiger partial charge on any atom is 0.124 e. The molecule has 2 unspecified atom stereocenters. The second-order valence-electron chi connectivity index (χ2n) is 6.55. The molecule has 2 nitrogen and oxygen atoms in total. The second-order valence-corrected chi connectivity index (χ2v) is 9.02. The van der Waals surface area contributed by atoms with Gasteiger partial charge in [-0.15, -0.1) is 0 Å². The van der Waals surface area contributed by atoms with Crippen LogP contribution in [0.2, 0.25) is 0 Å². The zero-order valence-corrected chi connectivity index (χ0v) is 16.3. The molecule has 2 N–H and O–H groups in total. The Morgan fingerprint density at radius 2 is 1.58 bits per heavy atom. The van der Waals surface area contributed by atoms with Gasteiger partial charge in [0.15, 0.2) is 0 Å². The van der Waals surface area contributed by atoms with Crippen LogP contribution >= 0.6 is 31.9 Å². The Morgan fingerprint density at radius 3 is 2.38 bits per heavy atom. The van der Waals surface area contributed by atoms with Crippen molar-refractivity contribution >= 4 is 37.9 Å². The third-order valence-corrected chi connectivity index (χ3v) is 6.40. The van der Waals surface area contributed by atoms with Gasteiger partial charge >= 0.3 is 0 Å². The molecule has 2 atom stereocenters. The number of benzene rings is 2. The summed E-state index contributed by atoms with van der Waals surface area (Å²) < 4.78 is 0. The van der Waals surface area contributed by atoms with Crippen molar-refractivity contribution in [1.29, 1.82) is 0 Å². The summed E-state index contributed by atoms with van der Waals surface area (Å²) in [5.74, 6) is 0.482. The summed E-state index contributed by atoms with van der Waals surface area (Å²) in [6, 6.07) is 7.51. The highest BCUT2D eigenvalue weighted by Gasteiger charge is 2.26. The summed E-state index contributed by atoms with van der Waals surface area (Å²) in [7, 11) is 0. The van der Waals surface area contributed by atoms with Crippen molar-refractivity contribution in [2.24, 2.45) is 0 Å². The number of fused-ring (bicyclic) bond motifs is 2. The Hall–Kier alpha value is -1.26. The van der Waals surface area contributed by atoms with Crippen molar-refractivity contribution in [3.8, 4) is 22.6 Å². The van der Waals surface area contributed by atoms with E-state index in [1.54, 1.807) is 12.1 Å². The lowest BCUT2D eigenvalue weighted by atomic mass is 9.82. The Bertz CT molecular complexity index is 842. The molecule has 4 heteroatoms. The lowest BCUT2D eigenvalue weighted by Gasteiger charge is -2.26. The number of rotatable bonds is 1. The first-order chi connectivity index (χ1) is 11.5. The van der Waals surface area contributed by atoms with Crippen LogP contribution in [0.25, 0.3) is 17.2 Å². The first-order valence-electron chi connectivity index (χ1n) is 8.20. The fraction of sp³-hybridized carbons (Fsp3) is 0.300. The number of hydrogen-bond acceptors (Lipinski definition) is 2. The number of halogens is 2. The topological polar surface area (TPSA) is 40.5 Å². The van der Waals surface area contributed by atoms with Gasteiger partial charge in [-0.25, -0.2) is 0 Å². The van der Waals surface area contributed by atoms with Crippen molar-refractivity contribution in [3.63, 3.8) is 0 Å². The van der Waals surface area contributed by atoms with Crippen LogP contribution in [0.1, 0.15) is 28.7 Å². The predicted molar refractivity (Wildman–Crippen MR) is 105 cm³/mol. The smallest absolute Gasteiger partial charge is 0.124 e. The average molecular weight is 450 g/mol. The van der Waals surface area contributed by atoms with Gasteiger partial charge in [0, 0.05) is 20.8 Å². The highest BCUT2D eigenvalue weighted by molar-refractivity contribution is 9.09. The van der Waals surface area contributed by atoms with E-state index in [0.717, 1.165) is 42.4 Å². The number of alkyl halides is 2. The first kappa shape index (κ1) is 16.2. The van der Waals surface area contributed by atoms with Crippen LogP contribution in [-0.2, 0) is 19.3 Å². The number of allylic oxidation sites excluding steroid dienone is 1. The molecule has 24 heavy (non-hydrogen) atoms. The van der Waals surface area contributed by atoms with Crippen molar-refractivity contribution in [1.82, 2.24) is 0 Å². The molecule has 0 aromatic heterocycles. The van der Waals surface area contributed by atoms with E-state index >= 15 is 0 Å². The molecular formula is C20H18Br2O2. The molecule has 0 bridgehead atoms. The van der Waals surface area contributed by atoms with Gasteiger partial charge < -0.3 is 10.2 Å². The highest BCUT2D eigenvalue weighted by Crippen LogP contribution is 2.46. The molecule has 0 amide bonds. The van der Waals surface area contributed by atoms with Crippen molar-refractivity contribution in [2.75, 3.05) is 0 Å². The Morgan fingerprint density at radius 1 is 0.875 bits per heavy atom. The lowest BCUT2D eigenvalue weighted by molar-refractivity contribution is 0.467. The van der Waals surface area contributed by atoms with E-state index in [0.29, 0.717) is 9.65 Å². The number of phenols is 2. The SMILES string of the molecule is Oc1ccc2c(c1-c1c(O)ccc3c1CCC(Br)C3)C=CC(Br)C2. The van der Waals surface area contributed by atoms with Crippen LogP contribution < -0.4 is 0 Å². The third-order valence-electron chi connectivity index (χ3n) is 4.99. The largest absolute Gasteiger partial charge is 0.507 e. The van der Waals surface area contributed by atoms with Gasteiger partial charge in [-0.05, 0) is 60.1 Å². The predicted octanol–water partition coefficient (Wildman–Crippen LogP) is 5.35. The number of phenolic OH excluding ortho intramolecular Hbond substituents is 2. The molecule has 0 saturated heterocycles. The zero-order chi connectivity index (χ0) is 16.8. The van der Waals surface area contributed by atoms with E-state index in [1.807, 2.05) is 12.1 Å². The minimum absolute atomic E-state index is 0.232. The Balaban J connectivity index is 1.98. The second kappa shape index (κ2) is 6.23. The van der Waals surface area contributed by atoms with Crippen LogP contribution in [0, 0.1) is 0 Å². The van der Waals surface area contributed by atoms with Crippen LogP contribution in [0.3, 0.4) is 0 Å². The molecule has 2 aromatic rings. The minimum atomic E-state index is 0.232. The van der Waals surface area contributed by atoms with E-state index < -0.39 is 0 Å². The molecule has 0 radical (unpaired) electrons. The first-order valence-corrected chi connectivity index (χ1v) is 10.0. The summed E-state index contributed by atoms with van der Waals surface area (Å²) in [6.45, 7) is 0. The fourth-order valence-electron chi connectivity index (χ4n) is 3.84. The highest BCUT2D eigenvalue weighted by atomic mass is 79.9. The maximum atomic E-state index is 10.6. The summed E-state index contributed by atoms with van der Waals surface area (Å²) in [6.07, 6.45) is 7.95. The average Bonchev–Trinajstić information content (AvgIpc) is 2.56. The molecule has 0 fully saturated rings. The van der Waals surface area contributed by atoms with Crippen molar-refractivity contribution < 1.29 is 10.2 Å². The summed E-state index contributed by atoms with van der Waals surface area (Å²) in [5, 5.41) is 21.2. The Kier molecular flexibility index (Phi) is 4.21. The molecule has 124 valence electrons. The van der Waals surface area contributed by atoms with Crippen molar-refractivity contribution in [3.05, 3.63) is 52.6 Å². The monoisotopic (exact) mass is 448 g/mol. The molecule has 0 saturated carbocycles. The van der Waals surface area contributed by atoms with Gasteiger partial charge in [-0.2, -0.15) is 0 Å². The Labute approximate surface area is 158 Å². The van der Waals surface area contributed by atoms with E-state index in [9.17, 15) is 10.2 Å². The standard InChI is InChI=1S/C20H18Br2O2/c21-13-3-5-15-11(9-13)1-7-17(23)19(15)20-16-6-4-14(22)10-12(16)2-8-18(20)24/h1-3,5,7-8,13-14,23-24H,4,6,9-10H2. The number of hydrogen-bond donors (Lipinski definition) is 2. The summed E-state index contributed by atoms with van der Waals surface area (Å²) >= 11 is 7.34. The van der Waals surface area contributed by atoms with Gasteiger partial charge in [0.25, 0.3) is 0 Å². The maximum absolute atomic E-state index is 10.6. The molecule has 4 rings (SSSR count). The minimum Gasteiger partial charge on any atom is -0.507 e. The zero-order valence-electron chi connectivity index (χ0n) is 13.1. The third kappa shape index (κ3) is 2.70. The van der Waals surface area contributed by atoms with Crippen molar-refractivity contribution in [2.45, 2.75) is 35.3 Å². The molecular weight excluding hydrogens is 432 g/mol. The normalized spacial score (nSPS) is 22.1. The molecule has 0 spiro atoms. The van der Waals surface area contributed by atoms with Gasteiger partial charge in [-0.1, -0.05) is 56.1 Å². The van der Waals surface area contributed by atoms with Crippen LogP contribution in [0.4, 0.5) is 0 Å². The number of aromatic hydroxyl groups is 2. The summed E-state index contributed by atoms with van der Waals surface area (Å²) in [4.78, 5) is 0.796. The quantitative estimate of drug-likeness (QED) is 0.576. The molecule has 2 aromatic carbocycles. The van der Waals surface area contributed by atoms with Crippen LogP contribution in [0.15, 0.2) is 30.3 Å². The molecule has 0 heterocycles. The van der Waals surface area contributed by atoms with E-state index in [4.69, 9.17) is 0 Å². The lowest BCUT2D eigenvalue weighted by Crippen LogP contribution is -2.15. The molecule has 2 aliphatic carbocycles. The summed E-state index contributed by atoms with van der Waals surface area (Å²) in [5.41, 5.74) is 6.22. The molecule has 0 aliphatic heterocycles. The van der Waals surface area contributed by atoms with E-state index in [-0.39, 0.29) is 11.5 Å². The van der Waals surface area contributed by atoms with Gasteiger partial charge in [-0.3, -0.25) is 0 Å². The fourth-order valence-corrected chi connectivity index (χ4v) is 4.92. The van der Waals surface area contributed by atoms with E-state index in [1.165, 1.54) is 16.7 Å².